The molecule has 96 valence electrons. The highest BCUT2D eigenvalue weighted by Gasteiger charge is 2.31. The van der Waals surface area contributed by atoms with E-state index in [0.29, 0.717) is 29.8 Å². The van der Waals surface area contributed by atoms with Crippen LogP contribution >= 0.6 is 11.6 Å². The molecule has 1 aromatic heterocycles. The average Bonchev–Trinajstić information content (AvgIpc) is 2.99. The summed E-state index contributed by atoms with van der Waals surface area (Å²) in [6, 6.07) is 1.61. The molecule has 1 fully saturated rings. The Kier molecular flexibility index (Phi) is 3.80. The van der Waals surface area contributed by atoms with Crippen molar-refractivity contribution in [2.75, 3.05) is 13.1 Å². The van der Waals surface area contributed by atoms with Crippen molar-refractivity contribution in [2.24, 2.45) is 5.92 Å². The molecule has 1 N–H and O–H groups in total. The molecule has 6 heteroatoms. The zero-order valence-electron chi connectivity index (χ0n) is 9.82. The molecule has 0 atom stereocenters. The van der Waals surface area contributed by atoms with Gasteiger partial charge in [-0.1, -0.05) is 6.92 Å². The predicted octanol–water partition coefficient (Wildman–Crippen LogP) is 2.17. The highest BCUT2D eigenvalue weighted by atomic mass is 35.5. The summed E-state index contributed by atoms with van der Waals surface area (Å²) in [5.41, 5.74) is 0.729. The van der Waals surface area contributed by atoms with E-state index in [4.69, 9.17) is 11.6 Å². The molecule has 1 aromatic rings. The number of nitrogens with zero attached hydrogens (tertiary/aromatic N) is 1. The van der Waals surface area contributed by atoms with Gasteiger partial charge in [0.15, 0.2) is 0 Å². The van der Waals surface area contributed by atoms with Crippen LogP contribution in [0.2, 0.25) is 0 Å². The molecule has 0 radical (unpaired) electrons. The first-order valence-corrected chi connectivity index (χ1v) is 7.78. The van der Waals surface area contributed by atoms with Crippen LogP contribution in [0.1, 0.15) is 25.5 Å². The maximum Gasteiger partial charge on any atom is 0.244 e. The van der Waals surface area contributed by atoms with E-state index >= 15 is 0 Å². The van der Waals surface area contributed by atoms with Crippen molar-refractivity contribution in [3.8, 4) is 0 Å². The summed E-state index contributed by atoms with van der Waals surface area (Å²) in [7, 11) is -3.35. The van der Waals surface area contributed by atoms with E-state index in [2.05, 4.69) is 4.98 Å². The lowest BCUT2D eigenvalue weighted by Gasteiger charge is -2.19. The van der Waals surface area contributed by atoms with Gasteiger partial charge in [0.25, 0.3) is 0 Å². The molecule has 0 spiro atoms. The third-order valence-electron chi connectivity index (χ3n) is 3.01. The molecular weight excluding hydrogens is 260 g/mol. The zero-order chi connectivity index (χ0) is 12.5. The van der Waals surface area contributed by atoms with Crippen LogP contribution in [0.3, 0.4) is 0 Å². The summed E-state index contributed by atoms with van der Waals surface area (Å²) in [6.07, 6.45) is 3.81. The lowest BCUT2D eigenvalue weighted by molar-refractivity contribution is 0.412. The Hall–Kier alpha value is -0.520. The van der Waals surface area contributed by atoms with Gasteiger partial charge in [-0.25, -0.2) is 8.42 Å². The minimum atomic E-state index is -3.35. The minimum absolute atomic E-state index is 0.296. The third-order valence-corrected chi connectivity index (χ3v) is 5.22. The van der Waals surface area contributed by atoms with Gasteiger partial charge >= 0.3 is 0 Å². The summed E-state index contributed by atoms with van der Waals surface area (Å²) >= 11 is 5.66. The quantitative estimate of drug-likeness (QED) is 0.810. The van der Waals surface area contributed by atoms with Crippen molar-refractivity contribution in [3.63, 3.8) is 0 Å². The van der Waals surface area contributed by atoms with Crippen LogP contribution in [-0.4, -0.2) is 30.8 Å². The summed E-state index contributed by atoms with van der Waals surface area (Å²) in [4.78, 5) is 3.19. The van der Waals surface area contributed by atoms with E-state index in [1.807, 2.05) is 6.92 Å². The summed E-state index contributed by atoms with van der Waals surface area (Å²) in [5.74, 6) is 0.848. The fourth-order valence-corrected chi connectivity index (χ4v) is 3.48. The molecule has 0 unspecified atom stereocenters. The Balaban J connectivity index is 2.19. The highest BCUT2D eigenvalue weighted by Crippen LogP contribution is 2.31. The van der Waals surface area contributed by atoms with Crippen LogP contribution in [0.15, 0.2) is 17.2 Å². The standard InChI is InChI=1S/C11H17ClN2O2S/c1-2-14(8-9-3-4-9)17(15,16)11-5-10(6-12)13-7-11/h5,7,9,13H,2-4,6,8H2,1H3. The normalized spacial score (nSPS) is 16.6. The Morgan fingerprint density at radius 1 is 1.53 bits per heavy atom. The summed E-state index contributed by atoms with van der Waals surface area (Å²) in [6.45, 7) is 3.02. The molecule has 2 rings (SSSR count). The predicted molar refractivity (Wildman–Crippen MR) is 67.5 cm³/mol. The number of rotatable bonds is 6. The van der Waals surface area contributed by atoms with Crippen LogP contribution in [0.4, 0.5) is 0 Å². The van der Waals surface area contributed by atoms with Crippen LogP contribution in [0.25, 0.3) is 0 Å². The fourth-order valence-electron chi connectivity index (χ4n) is 1.78. The maximum absolute atomic E-state index is 12.3. The van der Waals surface area contributed by atoms with Crippen LogP contribution in [-0.2, 0) is 15.9 Å². The Morgan fingerprint density at radius 2 is 2.24 bits per heavy atom. The number of halogens is 1. The molecule has 4 nitrogen and oxygen atoms in total. The van der Waals surface area contributed by atoms with E-state index in [9.17, 15) is 8.42 Å². The Bertz CT molecular complexity index is 479. The molecule has 0 aromatic carbocycles. The van der Waals surface area contributed by atoms with Crippen molar-refractivity contribution in [2.45, 2.75) is 30.5 Å². The van der Waals surface area contributed by atoms with E-state index < -0.39 is 10.0 Å². The van der Waals surface area contributed by atoms with Crippen LogP contribution in [0.5, 0.6) is 0 Å². The van der Waals surface area contributed by atoms with Crippen molar-refractivity contribution in [1.29, 1.82) is 0 Å². The first kappa shape index (κ1) is 12.9. The largest absolute Gasteiger partial charge is 0.363 e. The first-order chi connectivity index (χ1) is 8.07. The van der Waals surface area contributed by atoms with Gasteiger partial charge in [0.2, 0.25) is 10.0 Å². The molecule has 1 heterocycles. The Labute approximate surface area is 107 Å². The molecule has 1 saturated carbocycles. The SMILES string of the molecule is CCN(CC1CC1)S(=O)(=O)c1c[nH]c(CCl)c1. The van der Waals surface area contributed by atoms with Crippen LogP contribution in [0, 0.1) is 5.92 Å². The van der Waals surface area contributed by atoms with Gasteiger partial charge < -0.3 is 4.98 Å². The summed E-state index contributed by atoms with van der Waals surface area (Å²) < 4.78 is 26.2. The number of aromatic nitrogens is 1. The van der Waals surface area contributed by atoms with Gasteiger partial charge in [0.1, 0.15) is 0 Å². The number of nitrogens with one attached hydrogen (secondary N) is 1. The van der Waals surface area contributed by atoms with Gasteiger partial charge in [-0.2, -0.15) is 4.31 Å². The second-order valence-electron chi connectivity index (χ2n) is 4.39. The van der Waals surface area contributed by atoms with Crippen molar-refractivity contribution in [3.05, 3.63) is 18.0 Å². The van der Waals surface area contributed by atoms with E-state index in [1.54, 1.807) is 10.4 Å². The smallest absolute Gasteiger partial charge is 0.244 e. The summed E-state index contributed by atoms with van der Waals surface area (Å²) in [5, 5.41) is 0. The number of hydrogen-bond acceptors (Lipinski definition) is 2. The third kappa shape index (κ3) is 2.84. The second-order valence-corrected chi connectivity index (χ2v) is 6.60. The lowest BCUT2D eigenvalue weighted by atomic mass is 10.4. The maximum atomic E-state index is 12.3. The number of hydrogen-bond donors (Lipinski definition) is 1. The zero-order valence-corrected chi connectivity index (χ0v) is 11.4. The van der Waals surface area contributed by atoms with Gasteiger partial charge in [-0.3, -0.25) is 0 Å². The molecule has 0 aliphatic heterocycles. The van der Waals surface area contributed by atoms with Gasteiger partial charge in [0.05, 0.1) is 10.8 Å². The fraction of sp³-hybridized carbons (Fsp3) is 0.636. The molecular formula is C11H17ClN2O2S. The van der Waals surface area contributed by atoms with E-state index in [0.717, 1.165) is 18.5 Å². The van der Waals surface area contributed by atoms with Crippen molar-refractivity contribution >= 4 is 21.6 Å². The Morgan fingerprint density at radius 3 is 2.71 bits per heavy atom. The van der Waals surface area contributed by atoms with Gasteiger partial charge in [-0.15, -0.1) is 11.6 Å². The number of alkyl halides is 1. The topological polar surface area (TPSA) is 53.2 Å². The molecule has 1 aliphatic carbocycles. The second kappa shape index (κ2) is 5.00. The lowest BCUT2D eigenvalue weighted by Crippen LogP contribution is -2.32. The van der Waals surface area contributed by atoms with E-state index in [-0.39, 0.29) is 0 Å². The molecule has 17 heavy (non-hydrogen) atoms. The molecule has 0 saturated heterocycles. The van der Waals surface area contributed by atoms with Gasteiger partial charge in [-0.05, 0) is 24.8 Å². The van der Waals surface area contributed by atoms with E-state index in [1.165, 1.54) is 6.20 Å². The van der Waals surface area contributed by atoms with Crippen molar-refractivity contribution < 1.29 is 8.42 Å². The highest BCUT2D eigenvalue weighted by molar-refractivity contribution is 7.89. The average molecular weight is 277 g/mol. The molecule has 0 amide bonds. The number of H-pyrrole nitrogens is 1. The monoisotopic (exact) mass is 276 g/mol. The molecule has 1 aliphatic rings. The minimum Gasteiger partial charge on any atom is -0.363 e. The van der Waals surface area contributed by atoms with Crippen LogP contribution < -0.4 is 0 Å². The molecule has 0 bridgehead atoms. The first-order valence-electron chi connectivity index (χ1n) is 5.81. The number of sulfonamides is 1. The van der Waals surface area contributed by atoms with Gasteiger partial charge in [0, 0.05) is 25.0 Å². The number of aromatic amines is 1. The van der Waals surface area contributed by atoms with Crippen molar-refractivity contribution in [1.82, 2.24) is 9.29 Å².